The maximum Gasteiger partial charge on any atom is 0.247 e. The third kappa shape index (κ3) is 4.23. The van der Waals surface area contributed by atoms with Crippen LogP contribution in [0.3, 0.4) is 0 Å². The van der Waals surface area contributed by atoms with Gasteiger partial charge in [-0.15, -0.1) is 0 Å². The molecule has 3 atom stereocenters. The van der Waals surface area contributed by atoms with Gasteiger partial charge in [0.25, 0.3) is 0 Å². The van der Waals surface area contributed by atoms with Crippen LogP contribution in [0.25, 0.3) is 6.08 Å². The summed E-state index contributed by atoms with van der Waals surface area (Å²) in [5.41, 5.74) is 0.884. The molecule has 6 nitrogen and oxygen atoms in total. The molecule has 0 radical (unpaired) electrons. The van der Waals surface area contributed by atoms with Crippen molar-refractivity contribution in [2.45, 2.75) is 37.8 Å². The zero-order valence-electron chi connectivity index (χ0n) is 15.3. The van der Waals surface area contributed by atoms with Crippen LogP contribution in [0, 0.1) is 5.92 Å². The number of aliphatic hydroxyl groups is 1. The molecule has 2 N–H and O–H groups in total. The molecule has 1 heterocycles. The van der Waals surface area contributed by atoms with E-state index in [0.29, 0.717) is 18.8 Å². The molecule has 7 heteroatoms. The van der Waals surface area contributed by atoms with Gasteiger partial charge < -0.3 is 15.2 Å². The highest BCUT2D eigenvalue weighted by atomic mass is 32.2. The van der Waals surface area contributed by atoms with Crippen molar-refractivity contribution in [3.63, 3.8) is 0 Å². The van der Waals surface area contributed by atoms with E-state index in [-0.39, 0.29) is 23.5 Å². The normalized spacial score (nSPS) is 25.0. The number of ether oxygens (including phenoxy) is 1. The van der Waals surface area contributed by atoms with Crippen molar-refractivity contribution in [2.24, 2.45) is 5.92 Å². The molecule has 25 heavy (non-hydrogen) atoms. The highest BCUT2D eigenvalue weighted by Crippen LogP contribution is 2.34. The number of nitrogens with one attached hydrogen (secondary N) is 1. The Kier molecular flexibility index (Phi) is 6.62. The molecule has 1 aliphatic heterocycles. The number of benzene rings is 1. The summed E-state index contributed by atoms with van der Waals surface area (Å²) >= 11 is 0. The molecule has 1 aliphatic rings. The van der Waals surface area contributed by atoms with Gasteiger partial charge in [0.05, 0.1) is 6.61 Å². The van der Waals surface area contributed by atoms with Crippen LogP contribution < -0.4 is 10.1 Å². The lowest BCUT2D eigenvalue weighted by molar-refractivity contribution is 0.103. The second-order valence-electron chi connectivity index (χ2n) is 6.50. The zero-order chi connectivity index (χ0) is 18.6. The summed E-state index contributed by atoms with van der Waals surface area (Å²) in [5, 5.41) is 12.6. The fourth-order valence-corrected chi connectivity index (χ4v) is 4.81. The summed E-state index contributed by atoms with van der Waals surface area (Å²) in [4.78, 5) is 0.147. The Morgan fingerprint density at radius 3 is 2.80 bits per heavy atom. The largest absolute Gasteiger partial charge is 0.487 e. The molecule has 0 amide bonds. The van der Waals surface area contributed by atoms with Crippen LogP contribution in [0.5, 0.6) is 5.75 Å². The van der Waals surface area contributed by atoms with Gasteiger partial charge in [0, 0.05) is 25.0 Å². The predicted octanol–water partition coefficient (Wildman–Crippen LogP) is 1.71. The SMILES string of the molecule is CC=Cc1ccc2c(c1)O[C@@H](CNC)[C@H](C)CN([C@@H](C)CO)S2(=O)=O. The molecular formula is C18H28N2O4S. The molecule has 0 aliphatic carbocycles. The van der Waals surface area contributed by atoms with Crippen molar-refractivity contribution < 1.29 is 18.3 Å². The highest BCUT2D eigenvalue weighted by molar-refractivity contribution is 7.89. The van der Waals surface area contributed by atoms with Gasteiger partial charge in [0.1, 0.15) is 16.7 Å². The molecule has 1 aromatic carbocycles. The van der Waals surface area contributed by atoms with E-state index in [1.165, 1.54) is 4.31 Å². The molecular weight excluding hydrogens is 340 g/mol. The number of fused-ring (bicyclic) bond motifs is 1. The van der Waals surface area contributed by atoms with Crippen LogP contribution in [0.15, 0.2) is 29.2 Å². The minimum Gasteiger partial charge on any atom is -0.487 e. The average molecular weight is 368 g/mol. The van der Waals surface area contributed by atoms with Crippen molar-refractivity contribution >= 4 is 16.1 Å². The van der Waals surface area contributed by atoms with Crippen LogP contribution in [-0.2, 0) is 10.0 Å². The first-order valence-electron chi connectivity index (χ1n) is 8.55. The first kappa shape index (κ1) is 19.9. The van der Waals surface area contributed by atoms with Gasteiger partial charge >= 0.3 is 0 Å². The van der Waals surface area contributed by atoms with E-state index in [4.69, 9.17) is 4.74 Å². The maximum atomic E-state index is 13.2. The summed E-state index contributed by atoms with van der Waals surface area (Å²) in [5.74, 6) is 0.326. The lowest BCUT2D eigenvalue weighted by atomic mass is 10.0. The molecule has 0 fully saturated rings. The molecule has 0 saturated carbocycles. The standard InChI is InChI=1S/C18H28N2O4S/c1-5-6-15-7-8-18-16(9-15)24-17(10-19-4)13(2)11-20(14(3)12-21)25(18,22)23/h5-9,13-14,17,19,21H,10-12H2,1-4H3/t13-,14+,17+/m1/s1. The monoisotopic (exact) mass is 368 g/mol. The van der Waals surface area contributed by atoms with Crippen LogP contribution in [-0.4, -0.2) is 56.7 Å². The van der Waals surface area contributed by atoms with E-state index in [9.17, 15) is 13.5 Å². The second-order valence-corrected chi connectivity index (χ2v) is 8.36. The lowest BCUT2D eigenvalue weighted by Crippen LogP contribution is -2.49. The number of aliphatic hydroxyl groups excluding tert-OH is 1. The van der Waals surface area contributed by atoms with Gasteiger partial charge in [-0.1, -0.05) is 25.1 Å². The zero-order valence-corrected chi connectivity index (χ0v) is 16.1. The fourth-order valence-electron chi connectivity index (χ4n) is 2.98. The summed E-state index contributed by atoms with van der Waals surface area (Å²) < 4.78 is 33.8. The van der Waals surface area contributed by atoms with Gasteiger partial charge in [-0.05, 0) is 38.6 Å². The molecule has 0 saturated heterocycles. The van der Waals surface area contributed by atoms with E-state index in [1.54, 1.807) is 25.1 Å². The van der Waals surface area contributed by atoms with E-state index in [2.05, 4.69) is 5.32 Å². The Hall–Kier alpha value is -1.41. The molecule has 1 aromatic rings. The highest BCUT2D eigenvalue weighted by Gasteiger charge is 2.37. The number of nitrogens with zero attached hydrogens (tertiary/aromatic N) is 1. The Bertz CT molecular complexity index is 718. The summed E-state index contributed by atoms with van der Waals surface area (Å²) in [6, 6.07) is 4.61. The second kappa shape index (κ2) is 8.31. The van der Waals surface area contributed by atoms with Gasteiger partial charge in [-0.2, -0.15) is 4.31 Å². The molecule has 2 rings (SSSR count). The Morgan fingerprint density at radius 1 is 1.48 bits per heavy atom. The quantitative estimate of drug-likeness (QED) is 0.827. The maximum absolute atomic E-state index is 13.2. The van der Waals surface area contributed by atoms with Crippen molar-refractivity contribution in [1.82, 2.24) is 9.62 Å². The van der Waals surface area contributed by atoms with Crippen molar-refractivity contribution in [3.8, 4) is 5.75 Å². The lowest BCUT2D eigenvalue weighted by Gasteiger charge is -2.36. The van der Waals surface area contributed by atoms with E-state index in [0.717, 1.165) is 5.56 Å². The summed E-state index contributed by atoms with van der Waals surface area (Å²) in [6.45, 7) is 6.27. The molecule has 140 valence electrons. The number of likely N-dealkylation sites (N-methyl/N-ethyl adjacent to an activating group) is 1. The van der Waals surface area contributed by atoms with E-state index >= 15 is 0 Å². The summed E-state index contributed by atoms with van der Waals surface area (Å²) in [7, 11) is -1.91. The number of allylic oxidation sites excluding steroid dienone is 1. The van der Waals surface area contributed by atoms with Crippen molar-refractivity contribution in [1.29, 1.82) is 0 Å². The van der Waals surface area contributed by atoms with Gasteiger partial charge in [-0.3, -0.25) is 0 Å². The van der Waals surface area contributed by atoms with Crippen LogP contribution in [0.1, 0.15) is 26.3 Å². The third-order valence-corrected chi connectivity index (χ3v) is 6.48. The summed E-state index contributed by atoms with van der Waals surface area (Å²) in [6.07, 6.45) is 3.63. The Labute approximate surface area is 150 Å². The Morgan fingerprint density at radius 2 is 2.20 bits per heavy atom. The first-order valence-corrected chi connectivity index (χ1v) is 9.99. The number of hydrogen-bond acceptors (Lipinski definition) is 5. The van der Waals surface area contributed by atoms with Gasteiger partial charge in [-0.25, -0.2) is 8.42 Å². The number of rotatable bonds is 5. The number of hydrogen-bond donors (Lipinski definition) is 2. The van der Waals surface area contributed by atoms with E-state index < -0.39 is 16.1 Å². The minimum atomic E-state index is -3.75. The number of sulfonamides is 1. The smallest absolute Gasteiger partial charge is 0.247 e. The van der Waals surface area contributed by atoms with Crippen LogP contribution >= 0.6 is 0 Å². The molecule has 0 spiro atoms. The predicted molar refractivity (Wildman–Crippen MR) is 99.1 cm³/mol. The third-order valence-electron chi connectivity index (χ3n) is 4.46. The molecule has 0 aromatic heterocycles. The topological polar surface area (TPSA) is 78.9 Å². The van der Waals surface area contributed by atoms with Crippen LogP contribution in [0.2, 0.25) is 0 Å². The van der Waals surface area contributed by atoms with Crippen LogP contribution in [0.4, 0.5) is 0 Å². The minimum absolute atomic E-state index is 0.0326. The first-order chi connectivity index (χ1) is 11.8. The van der Waals surface area contributed by atoms with Crippen molar-refractivity contribution in [3.05, 3.63) is 29.8 Å². The molecule has 0 bridgehead atoms. The van der Waals surface area contributed by atoms with Gasteiger partial charge in [0.2, 0.25) is 10.0 Å². The van der Waals surface area contributed by atoms with Crippen molar-refractivity contribution in [2.75, 3.05) is 26.7 Å². The average Bonchev–Trinajstić information content (AvgIpc) is 2.57. The molecule has 0 unspecified atom stereocenters. The van der Waals surface area contributed by atoms with Gasteiger partial charge in [0.15, 0.2) is 0 Å². The fraction of sp³-hybridized carbons (Fsp3) is 0.556. The Balaban J connectivity index is 2.61. The van der Waals surface area contributed by atoms with E-state index in [1.807, 2.05) is 33.0 Å².